The lowest BCUT2D eigenvalue weighted by molar-refractivity contribution is 0.0711. The molecule has 2 heterocycles. The summed E-state index contributed by atoms with van der Waals surface area (Å²) < 4.78 is 29.5. The summed E-state index contributed by atoms with van der Waals surface area (Å²) in [6.45, 7) is 2.23. The molecule has 1 fully saturated rings. The molecule has 1 aromatic carbocycles. The second-order valence-corrected chi connectivity index (χ2v) is 6.15. The summed E-state index contributed by atoms with van der Waals surface area (Å²) in [7, 11) is 0. The molecule has 1 aromatic heterocycles. The van der Waals surface area contributed by atoms with Crippen LogP contribution < -0.4 is 0 Å². The molecule has 114 valence electrons. The van der Waals surface area contributed by atoms with Gasteiger partial charge >= 0.3 is 6.55 Å². The number of fused-ring (bicyclic) bond motifs is 1. The molecule has 1 aliphatic heterocycles. The van der Waals surface area contributed by atoms with Crippen LogP contribution in [0.2, 0.25) is 0 Å². The highest BCUT2D eigenvalue weighted by Gasteiger charge is 2.20. The molecule has 0 unspecified atom stereocenters. The molecule has 3 rings (SSSR count). The van der Waals surface area contributed by atoms with Crippen molar-refractivity contribution in [3.8, 4) is 0 Å². The van der Waals surface area contributed by atoms with Crippen LogP contribution in [-0.2, 0) is 6.67 Å². The van der Waals surface area contributed by atoms with E-state index < -0.39 is 6.55 Å². The van der Waals surface area contributed by atoms with Crippen molar-refractivity contribution in [1.82, 2.24) is 14.0 Å². The summed E-state index contributed by atoms with van der Waals surface area (Å²) in [4.78, 5) is 2.29. The van der Waals surface area contributed by atoms with E-state index in [2.05, 4.69) is 11.8 Å². The van der Waals surface area contributed by atoms with Gasteiger partial charge in [0.05, 0.1) is 17.7 Å². The maximum atomic E-state index is 13.3. The second kappa shape index (κ2) is 5.85. The van der Waals surface area contributed by atoms with Gasteiger partial charge < -0.3 is 4.57 Å². The van der Waals surface area contributed by atoms with Crippen LogP contribution in [0.25, 0.3) is 11.0 Å². The van der Waals surface area contributed by atoms with E-state index in [9.17, 15) is 8.78 Å². The number of likely N-dealkylation sites (tertiary alicyclic amines) is 1. The molecule has 2 aromatic rings. The number of hydrogen-bond acceptors (Lipinski definition) is 2. The summed E-state index contributed by atoms with van der Waals surface area (Å²) in [6, 6.07) is 7.19. The Morgan fingerprint density at radius 3 is 2.43 bits per heavy atom. The highest BCUT2D eigenvalue weighted by molar-refractivity contribution is 7.71. The Bertz CT molecular complexity index is 684. The summed E-state index contributed by atoms with van der Waals surface area (Å²) in [6.07, 6.45) is 2.31. The number of aromatic nitrogens is 2. The van der Waals surface area contributed by atoms with Crippen molar-refractivity contribution in [2.75, 3.05) is 13.1 Å². The number of imidazole rings is 1. The minimum atomic E-state index is -2.61. The van der Waals surface area contributed by atoms with Crippen LogP contribution in [0.1, 0.15) is 26.3 Å². The lowest BCUT2D eigenvalue weighted by atomic mass is 10.00. The minimum Gasteiger partial charge on any atom is -0.303 e. The number of rotatable bonds is 3. The van der Waals surface area contributed by atoms with Crippen molar-refractivity contribution in [3.05, 3.63) is 29.0 Å². The highest BCUT2D eigenvalue weighted by Crippen LogP contribution is 2.25. The Kier molecular flexibility index (Phi) is 4.08. The number of nitrogens with zero attached hydrogens (tertiary/aromatic N) is 3. The lowest BCUT2D eigenvalue weighted by Crippen LogP contribution is -2.34. The van der Waals surface area contributed by atoms with Gasteiger partial charge in [0, 0.05) is 13.1 Å². The van der Waals surface area contributed by atoms with Gasteiger partial charge in [0.25, 0.3) is 0 Å². The van der Waals surface area contributed by atoms with E-state index in [-0.39, 0.29) is 4.77 Å². The molecule has 1 saturated heterocycles. The third kappa shape index (κ3) is 2.74. The Hall–Kier alpha value is -1.27. The van der Waals surface area contributed by atoms with Gasteiger partial charge in [-0.15, -0.1) is 0 Å². The summed E-state index contributed by atoms with van der Waals surface area (Å²) in [5.41, 5.74) is 1.28. The van der Waals surface area contributed by atoms with E-state index in [1.807, 2.05) is 16.7 Å². The smallest absolute Gasteiger partial charge is 0.303 e. The normalized spacial score (nSPS) is 17.9. The molecule has 1 aliphatic rings. The average molecular weight is 311 g/mol. The molecular weight excluding hydrogens is 292 g/mol. The predicted molar refractivity (Wildman–Crippen MR) is 82.0 cm³/mol. The van der Waals surface area contributed by atoms with Crippen LogP contribution in [0.3, 0.4) is 0 Å². The Balaban J connectivity index is 1.98. The first-order valence-corrected chi connectivity index (χ1v) is 7.69. The fourth-order valence-corrected chi connectivity index (χ4v) is 3.30. The molecule has 0 spiro atoms. The van der Waals surface area contributed by atoms with Gasteiger partial charge in [-0.1, -0.05) is 19.1 Å². The van der Waals surface area contributed by atoms with Crippen molar-refractivity contribution in [1.29, 1.82) is 0 Å². The number of halogens is 2. The van der Waals surface area contributed by atoms with Crippen LogP contribution >= 0.6 is 12.2 Å². The first kappa shape index (κ1) is 14.7. The number of benzene rings is 1. The van der Waals surface area contributed by atoms with Crippen LogP contribution in [-0.4, -0.2) is 27.1 Å². The van der Waals surface area contributed by atoms with Gasteiger partial charge in [0.15, 0.2) is 4.77 Å². The van der Waals surface area contributed by atoms with Crippen LogP contribution in [0.15, 0.2) is 24.3 Å². The van der Waals surface area contributed by atoms with Crippen LogP contribution in [0, 0.1) is 10.7 Å². The Labute approximate surface area is 127 Å². The van der Waals surface area contributed by atoms with Gasteiger partial charge in [-0.2, -0.15) is 8.78 Å². The summed E-state index contributed by atoms with van der Waals surface area (Å²) in [5.74, 6) is 0.747. The zero-order valence-corrected chi connectivity index (χ0v) is 12.8. The third-order valence-electron chi connectivity index (χ3n) is 4.28. The molecule has 6 heteroatoms. The van der Waals surface area contributed by atoms with Crippen molar-refractivity contribution in [3.63, 3.8) is 0 Å². The molecule has 0 aliphatic carbocycles. The largest absolute Gasteiger partial charge is 0.321 e. The Morgan fingerprint density at radius 2 is 1.81 bits per heavy atom. The molecule has 0 bridgehead atoms. The Morgan fingerprint density at radius 1 is 1.19 bits per heavy atom. The minimum absolute atomic E-state index is 0.199. The lowest BCUT2D eigenvalue weighted by Gasteiger charge is -2.30. The van der Waals surface area contributed by atoms with Gasteiger partial charge in [0.2, 0.25) is 0 Å². The molecule has 0 saturated carbocycles. The molecular formula is C15H19F2N3S. The van der Waals surface area contributed by atoms with Crippen LogP contribution in [0.4, 0.5) is 8.78 Å². The zero-order chi connectivity index (χ0) is 15.0. The quantitative estimate of drug-likeness (QED) is 0.786. The molecule has 0 radical (unpaired) electrons. The fraction of sp³-hybridized carbons (Fsp3) is 0.533. The highest BCUT2D eigenvalue weighted by atomic mass is 32.1. The monoisotopic (exact) mass is 311 g/mol. The number of para-hydroxylation sites is 2. The third-order valence-corrected chi connectivity index (χ3v) is 4.70. The van der Waals surface area contributed by atoms with Gasteiger partial charge in [-0.25, -0.2) is 0 Å². The van der Waals surface area contributed by atoms with Crippen molar-refractivity contribution in [2.24, 2.45) is 5.92 Å². The van der Waals surface area contributed by atoms with Crippen molar-refractivity contribution < 1.29 is 8.78 Å². The standard InChI is InChI=1S/C15H19F2N3S/c1-11-6-8-18(9-7-11)10-19-12-4-2-3-5-13(12)20(14(16)17)15(19)21/h2-5,11,14H,6-10H2,1H3. The average Bonchev–Trinajstić information content (AvgIpc) is 2.74. The van der Waals surface area contributed by atoms with Gasteiger partial charge in [-0.3, -0.25) is 9.47 Å². The van der Waals surface area contributed by atoms with E-state index in [0.717, 1.165) is 41.9 Å². The van der Waals surface area contributed by atoms with E-state index >= 15 is 0 Å². The van der Waals surface area contributed by atoms with Crippen LogP contribution in [0.5, 0.6) is 0 Å². The fourth-order valence-electron chi connectivity index (χ4n) is 2.96. The molecule has 0 N–H and O–H groups in total. The zero-order valence-electron chi connectivity index (χ0n) is 12.0. The molecule has 3 nitrogen and oxygen atoms in total. The number of alkyl halides is 2. The van der Waals surface area contributed by atoms with Gasteiger partial charge in [-0.05, 0) is 43.1 Å². The number of hydrogen-bond donors (Lipinski definition) is 0. The SMILES string of the molecule is CC1CCN(Cn2c(=S)n(C(F)F)c3ccccc32)CC1. The van der Waals surface area contributed by atoms with E-state index in [4.69, 9.17) is 12.2 Å². The first-order valence-electron chi connectivity index (χ1n) is 7.28. The topological polar surface area (TPSA) is 13.1 Å². The predicted octanol–water partition coefficient (Wildman–Crippen LogP) is 4.26. The van der Waals surface area contributed by atoms with Gasteiger partial charge in [0.1, 0.15) is 0 Å². The maximum Gasteiger partial charge on any atom is 0.321 e. The van der Waals surface area contributed by atoms with E-state index in [1.54, 1.807) is 12.1 Å². The summed E-state index contributed by atoms with van der Waals surface area (Å²) in [5, 5.41) is 0. The molecule has 21 heavy (non-hydrogen) atoms. The second-order valence-electron chi connectivity index (χ2n) is 5.79. The van der Waals surface area contributed by atoms with E-state index in [1.165, 1.54) is 0 Å². The molecule has 0 amide bonds. The maximum absolute atomic E-state index is 13.3. The number of piperidine rings is 1. The first-order chi connectivity index (χ1) is 10.1. The van der Waals surface area contributed by atoms with E-state index in [0.29, 0.717) is 12.2 Å². The summed E-state index contributed by atoms with van der Waals surface area (Å²) >= 11 is 5.28. The molecule has 0 atom stereocenters. The van der Waals surface area contributed by atoms with Crippen molar-refractivity contribution in [2.45, 2.75) is 33.0 Å². The van der Waals surface area contributed by atoms with Crippen molar-refractivity contribution >= 4 is 23.3 Å².